The summed E-state index contributed by atoms with van der Waals surface area (Å²) in [5.41, 5.74) is 3.55. The largest absolute Gasteiger partial charge is 0.487 e. The van der Waals surface area contributed by atoms with Crippen LogP contribution in [-0.2, 0) is 22.6 Å². The Morgan fingerprint density at radius 1 is 1.31 bits per heavy atom. The summed E-state index contributed by atoms with van der Waals surface area (Å²) >= 11 is 3.16. The summed E-state index contributed by atoms with van der Waals surface area (Å²) in [4.78, 5) is 21.2. The molecule has 2 heterocycles. The summed E-state index contributed by atoms with van der Waals surface area (Å²) in [7, 11) is 0. The lowest BCUT2D eigenvalue weighted by Gasteiger charge is -2.05. The molecule has 7 heteroatoms. The summed E-state index contributed by atoms with van der Waals surface area (Å²) in [5, 5.41) is 3.01. The van der Waals surface area contributed by atoms with Crippen LogP contribution >= 0.6 is 22.7 Å². The fraction of sp³-hybridized carbons (Fsp3) is 0.211. The number of aryl methyl sites for hydroxylation is 1. The van der Waals surface area contributed by atoms with Crippen LogP contribution in [0, 0.1) is 6.92 Å². The molecule has 134 valence electrons. The van der Waals surface area contributed by atoms with Gasteiger partial charge in [0.2, 0.25) is 0 Å². The Morgan fingerprint density at radius 3 is 3.00 bits per heavy atom. The average molecular weight is 386 g/mol. The van der Waals surface area contributed by atoms with Gasteiger partial charge in [0.1, 0.15) is 12.4 Å². The number of aromatic nitrogens is 2. The molecular formula is C19H18N2O3S2. The maximum absolute atomic E-state index is 11.8. The lowest BCUT2D eigenvalue weighted by Crippen LogP contribution is -2.03. The highest BCUT2D eigenvalue weighted by molar-refractivity contribution is 7.09. The molecule has 0 fully saturated rings. The Bertz CT molecular complexity index is 873. The molecule has 0 radical (unpaired) electrons. The van der Waals surface area contributed by atoms with Crippen molar-refractivity contribution in [2.24, 2.45) is 0 Å². The zero-order valence-electron chi connectivity index (χ0n) is 14.3. The molecule has 0 aliphatic rings. The molecule has 3 rings (SSSR count). The maximum Gasteiger partial charge on any atom is 0.330 e. The van der Waals surface area contributed by atoms with E-state index >= 15 is 0 Å². The van der Waals surface area contributed by atoms with Crippen molar-refractivity contribution in [3.8, 4) is 5.75 Å². The normalized spacial score (nSPS) is 11.0. The summed E-state index contributed by atoms with van der Waals surface area (Å²) in [6.45, 7) is 2.74. The molecule has 0 aliphatic heterocycles. The first-order valence-corrected chi connectivity index (χ1v) is 9.81. The first-order chi connectivity index (χ1) is 12.7. The van der Waals surface area contributed by atoms with Gasteiger partial charge in [-0.3, -0.25) is 4.98 Å². The number of carbonyl (C=O) groups is 1. The molecule has 3 aromatic rings. The summed E-state index contributed by atoms with van der Waals surface area (Å²) in [5.74, 6) is 0.371. The van der Waals surface area contributed by atoms with Crippen LogP contribution in [0.2, 0.25) is 0 Å². The maximum atomic E-state index is 11.8. The van der Waals surface area contributed by atoms with Crippen molar-refractivity contribution in [1.29, 1.82) is 0 Å². The zero-order valence-corrected chi connectivity index (χ0v) is 15.9. The number of hydrogen-bond donors (Lipinski definition) is 0. The lowest BCUT2D eigenvalue weighted by molar-refractivity contribution is -0.137. The quantitative estimate of drug-likeness (QED) is 0.427. The monoisotopic (exact) mass is 386 g/mol. The SMILES string of the molecule is Cc1nc(COc2cccc(/C=C/C(=O)OCCc3cncs3)c2)cs1. The molecule has 0 unspecified atom stereocenters. The third kappa shape index (κ3) is 5.79. The minimum atomic E-state index is -0.362. The van der Waals surface area contributed by atoms with Crippen LogP contribution in [-0.4, -0.2) is 22.5 Å². The first kappa shape index (κ1) is 18.3. The van der Waals surface area contributed by atoms with Crippen molar-refractivity contribution in [3.63, 3.8) is 0 Å². The van der Waals surface area contributed by atoms with Gasteiger partial charge in [-0.05, 0) is 30.7 Å². The van der Waals surface area contributed by atoms with Gasteiger partial charge in [-0.2, -0.15) is 0 Å². The van der Waals surface area contributed by atoms with Crippen LogP contribution in [0.4, 0.5) is 0 Å². The molecule has 2 aromatic heterocycles. The van der Waals surface area contributed by atoms with E-state index in [2.05, 4.69) is 9.97 Å². The number of thiazole rings is 2. The topological polar surface area (TPSA) is 61.3 Å². The number of ether oxygens (including phenoxy) is 2. The number of carbonyl (C=O) groups excluding carboxylic acids is 1. The van der Waals surface area contributed by atoms with E-state index in [0.29, 0.717) is 19.6 Å². The Labute approximate surface area is 160 Å². The predicted octanol–water partition coefficient (Wildman–Crippen LogP) is 4.29. The second-order valence-electron chi connectivity index (χ2n) is 5.44. The van der Waals surface area contributed by atoms with Gasteiger partial charge in [-0.1, -0.05) is 12.1 Å². The molecule has 5 nitrogen and oxygen atoms in total. The number of rotatable bonds is 8. The van der Waals surface area contributed by atoms with E-state index in [9.17, 15) is 4.79 Å². The molecule has 0 atom stereocenters. The molecule has 0 saturated heterocycles. The molecule has 26 heavy (non-hydrogen) atoms. The van der Waals surface area contributed by atoms with Gasteiger partial charge in [-0.25, -0.2) is 9.78 Å². The predicted molar refractivity (Wildman–Crippen MR) is 103 cm³/mol. The second kappa shape index (κ2) is 9.26. The van der Waals surface area contributed by atoms with Gasteiger partial charge >= 0.3 is 5.97 Å². The summed E-state index contributed by atoms with van der Waals surface area (Å²) in [6, 6.07) is 7.54. The third-order valence-corrected chi connectivity index (χ3v) is 5.06. The highest BCUT2D eigenvalue weighted by Crippen LogP contribution is 2.17. The Balaban J connectivity index is 1.47. The van der Waals surface area contributed by atoms with Crippen LogP contribution in [0.15, 0.2) is 47.4 Å². The number of hydrogen-bond acceptors (Lipinski definition) is 7. The lowest BCUT2D eigenvalue weighted by atomic mass is 10.2. The second-order valence-corrected chi connectivity index (χ2v) is 7.47. The summed E-state index contributed by atoms with van der Waals surface area (Å²) < 4.78 is 10.9. The Morgan fingerprint density at radius 2 is 2.23 bits per heavy atom. The van der Waals surface area contributed by atoms with Crippen LogP contribution in [0.25, 0.3) is 6.08 Å². The smallest absolute Gasteiger partial charge is 0.330 e. The van der Waals surface area contributed by atoms with Gasteiger partial charge in [0.25, 0.3) is 0 Å². The first-order valence-electron chi connectivity index (χ1n) is 8.05. The van der Waals surface area contributed by atoms with Gasteiger partial charge in [0, 0.05) is 29.0 Å². The molecule has 1 aromatic carbocycles. The van der Waals surface area contributed by atoms with Crippen molar-refractivity contribution in [2.75, 3.05) is 6.61 Å². The fourth-order valence-corrected chi connectivity index (χ4v) is 3.35. The third-order valence-electron chi connectivity index (χ3n) is 3.40. The van der Waals surface area contributed by atoms with Crippen LogP contribution in [0.5, 0.6) is 5.75 Å². The van der Waals surface area contributed by atoms with Gasteiger partial charge in [-0.15, -0.1) is 22.7 Å². The highest BCUT2D eigenvalue weighted by Gasteiger charge is 2.02. The molecule has 0 spiro atoms. The van der Waals surface area contributed by atoms with Crippen LogP contribution in [0.1, 0.15) is 21.1 Å². The standard InChI is InChI=1S/C19H18N2O3S2/c1-14-21-16(12-25-14)11-24-17-4-2-3-15(9-17)5-6-19(22)23-8-7-18-10-20-13-26-18/h2-6,9-10,12-13H,7-8,11H2,1H3/b6-5+. The molecule has 0 amide bonds. The number of esters is 1. The molecule has 0 aliphatic carbocycles. The van der Waals surface area contributed by atoms with E-state index in [0.717, 1.165) is 26.9 Å². The summed E-state index contributed by atoms with van der Waals surface area (Å²) in [6.07, 6.45) is 5.61. The van der Waals surface area contributed by atoms with Crippen molar-refractivity contribution in [2.45, 2.75) is 20.0 Å². The van der Waals surface area contributed by atoms with Crippen LogP contribution in [0.3, 0.4) is 0 Å². The van der Waals surface area contributed by atoms with Crippen molar-refractivity contribution < 1.29 is 14.3 Å². The Hall–Kier alpha value is -2.51. The van der Waals surface area contributed by atoms with Crippen molar-refractivity contribution in [3.05, 3.63) is 68.6 Å². The fourth-order valence-electron chi connectivity index (χ4n) is 2.17. The van der Waals surface area contributed by atoms with E-state index in [-0.39, 0.29) is 5.97 Å². The van der Waals surface area contributed by atoms with E-state index in [4.69, 9.17) is 9.47 Å². The molecule has 0 N–H and O–H groups in total. The van der Waals surface area contributed by atoms with Gasteiger partial charge < -0.3 is 9.47 Å². The van der Waals surface area contributed by atoms with E-state index < -0.39 is 0 Å². The Kier molecular flexibility index (Phi) is 6.51. The van der Waals surface area contributed by atoms with E-state index in [1.165, 1.54) is 6.08 Å². The minimum absolute atomic E-state index is 0.349. The van der Waals surface area contributed by atoms with E-state index in [1.54, 1.807) is 40.5 Å². The van der Waals surface area contributed by atoms with Gasteiger partial charge in [0.15, 0.2) is 0 Å². The molecular weight excluding hydrogens is 368 g/mol. The number of benzene rings is 1. The molecule has 0 saturated carbocycles. The van der Waals surface area contributed by atoms with Crippen molar-refractivity contribution >= 4 is 34.7 Å². The van der Waals surface area contributed by atoms with E-state index in [1.807, 2.05) is 36.6 Å². The van der Waals surface area contributed by atoms with Gasteiger partial charge in [0.05, 0.1) is 22.8 Å². The number of nitrogens with zero attached hydrogens (tertiary/aromatic N) is 2. The highest BCUT2D eigenvalue weighted by atomic mass is 32.1. The zero-order chi connectivity index (χ0) is 18.2. The van der Waals surface area contributed by atoms with Crippen molar-refractivity contribution in [1.82, 2.24) is 9.97 Å². The average Bonchev–Trinajstić information content (AvgIpc) is 3.30. The minimum Gasteiger partial charge on any atom is -0.487 e. The van der Waals surface area contributed by atoms with Crippen LogP contribution < -0.4 is 4.74 Å². The molecule has 0 bridgehead atoms.